The second-order valence-electron chi connectivity index (χ2n) is 6.88. The lowest BCUT2D eigenvalue weighted by atomic mass is 9.98. The number of amides is 1. The number of aromatic nitrogens is 3. The van der Waals surface area contributed by atoms with Crippen LogP contribution in [0.15, 0.2) is 23.0 Å². The molecule has 2 aromatic rings. The van der Waals surface area contributed by atoms with E-state index in [2.05, 4.69) is 14.7 Å². The van der Waals surface area contributed by atoms with Gasteiger partial charge in [-0.3, -0.25) is 4.79 Å². The molecule has 0 saturated carbocycles. The molecule has 3 rings (SSSR count). The van der Waals surface area contributed by atoms with E-state index >= 15 is 0 Å². The van der Waals surface area contributed by atoms with E-state index in [1.807, 2.05) is 38.1 Å². The van der Waals surface area contributed by atoms with Gasteiger partial charge in [0.05, 0.1) is 5.69 Å². The molecule has 1 atom stereocenters. The molecule has 6 heteroatoms. The SMILES string of the molecule is Cc1nccn1CC[C@H]1CCCCN1C(=O)c1cc(C(C)C)no1. The number of carbonyl (C=O) groups is 1. The van der Waals surface area contributed by atoms with Gasteiger partial charge in [0.25, 0.3) is 5.91 Å². The van der Waals surface area contributed by atoms with Gasteiger partial charge in [-0.05, 0) is 38.5 Å². The third-order valence-corrected chi connectivity index (χ3v) is 4.85. The molecular weight excluding hydrogens is 304 g/mol. The van der Waals surface area contributed by atoms with E-state index in [9.17, 15) is 4.79 Å². The van der Waals surface area contributed by atoms with E-state index < -0.39 is 0 Å². The van der Waals surface area contributed by atoms with Gasteiger partial charge in [-0.25, -0.2) is 4.98 Å². The molecular formula is C18H26N4O2. The molecule has 0 unspecified atom stereocenters. The van der Waals surface area contributed by atoms with Crippen molar-refractivity contribution in [1.29, 1.82) is 0 Å². The van der Waals surface area contributed by atoms with Crippen molar-refractivity contribution in [3.8, 4) is 0 Å². The Kier molecular flexibility index (Phi) is 5.02. The number of piperidine rings is 1. The quantitative estimate of drug-likeness (QED) is 0.843. The number of nitrogens with zero attached hydrogens (tertiary/aromatic N) is 4. The van der Waals surface area contributed by atoms with Gasteiger partial charge in [-0.2, -0.15) is 0 Å². The first-order valence-electron chi connectivity index (χ1n) is 8.81. The van der Waals surface area contributed by atoms with Gasteiger partial charge >= 0.3 is 0 Å². The molecule has 2 aromatic heterocycles. The zero-order valence-electron chi connectivity index (χ0n) is 14.7. The monoisotopic (exact) mass is 330 g/mol. The summed E-state index contributed by atoms with van der Waals surface area (Å²) >= 11 is 0. The standard InChI is InChI=1S/C18H26N4O2/c1-13(2)16-12-17(24-20-16)18(23)22-9-5-4-6-15(22)7-10-21-11-8-19-14(21)3/h8,11-13,15H,4-7,9-10H2,1-3H3/t15-/m1/s1. The maximum atomic E-state index is 12.8. The number of hydrogen-bond donors (Lipinski definition) is 0. The van der Waals surface area contributed by atoms with Crippen molar-refractivity contribution in [1.82, 2.24) is 19.6 Å². The molecule has 1 saturated heterocycles. The second kappa shape index (κ2) is 7.20. The van der Waals surface area contributed by atoms with Crippen LogP contribution in [-0.4, -0.2) is 38.1 Å². The Balaban J connectivity index is 1.69. The Morgan fingerprint density at radius 1 is 1.42 bits per heavy atom. The van der Waals surface area contributed by atoms with Crippen molar-refractivity contribution in [3.63, 3.8) is 0 Å². The van der Waals surface area contributed by atoms with Gasteiger partial charge in [-0.15, -0.1) is 0 Å². The molecule has 3 heterocycles. The van der Waals surface area contributed by atoms with Gasteiger partial charge in [0.2, 0.25) is 5.76 Å². The van der Waals surface area contributed by atoms with Crippen LogP contribution in [-0.2, 0) is 6.54 Å². The third-order valence-electron chi connectivity index (χ3n) is 4.85. The van der Waals surface area contributed by atoms with Gasteiger partial charge in [0.15, 0.2) is 0 Å². The lowest BCUT2D eigenvalue weighted by Crippen LogP contribution is -2.44. The molecule has 130 valence electrons. The minimum Gasteiger partial charge on any atom is -0.351 e. The average Bonchev–Trinajstić information content (AvgIpc) is 3.22. The molecule has 0 N–H and O–H groups in total. The van der Waals surface area contributed by atoms with Crippen molar-refractivity contribution < 1.29 is 9.32 Å². The average molecular weight is 330 g/mol. The summed E-state index contributed by atoms with van der Waals surface area (Å²) < 4.78 is 7.44. The number of carbonyl (C=O) groups excluding carboxylic acids is 1. The van der Waals surface area contributed by atoms with Gasteiger partial charge < -0.3 is 14.0 Å². The Labute approximate surface area is 142 Å². The van der Waals surface area contributed by atoms with Crippen molar-refractivity contribution in [3.05, 3.63) is 35.7 Å². The van der Waals surface area contributed by atoms with E-state index in [1.165, 1.54) is 6.42 Å². The number of rotatable bonds is 5. The van der Waals surface area contributed by atoms with E-state index in [0.29, 0.717) is 5.76 Å². The second-order valence-corrected chi connectivity index (χ2v) is 6.88. The van der Waals surface area contributed by atoms with E-state index in [1.54, 1.807) is 6.07 Å². The van der Waals surface area contributed by atoms with Crippen molar-refractivity contribution in [2.45, 2.75) is 65.0 Å². The minimum atomic E-state index is -0.0264. The van der Waals surface area contributed by atoms with Gasteiger partial charge in [-0.1, -0.05) is 19.0 Å². The molecule has 0 radical (unpaired) electrons. The topological polar surface area (TPSA) is 64.2 Å². The maximum Gasteiger partial charge on any atom is 0.292 e. The van der Waals surface area contributed by atoms with E-state index in [4.69, 9.17) is 4.52 Å². The number of imidazole rings is 1. The molecule has 0 bridgehead atoms. The van der Waals surface area contributed by atoms with Crippen LogP contribution in [0.5, 0.6) is 0 Å². The zero-order valence-corrected chi connectivity index (χ0v) is 14.7. The molecule has 24 heavy (non-hydrogen) atoms. The first-order valence-corrected chi connectivity index (χ1v) is 8.81. The Hall–Kier alpha value is -2.11. The predicted molar refractivity (Wildman–Crippen MR) is 90.8 cm³/mol. The van der Waals surface area contributed by atoms with E-state index in [0.717, 1.165) is 43.9 Å². The molecule has 6 nitrogen and oxygen atoms in total. The fraction of sp³-hybridized carbons (Fsp3) is 0.611. The highest BCUT2D eigenvalue weighted by Crippen LogP contribution is 2.24. The number of aryl methyl sites for hydroxylation is 2. The summed E-state index contributed by atoms with van der Waals surface area (Å²) in [5.74, 6) is 1.61. The van der Waals surface area contributed by atoms with Gasteiger partial charge in [0.1, 0.15) is 5.82 Å². The van der Waals surface area contributed by atoms with Crippen molar-refractivity contribution >= 4 is 5.91 Å². The van der Waals surface area contributed by atoms with Crippen LogP contribution in [0.3, 0.4) is 0 Å². The van der Waals surface area contributed by atoms with Crippen LogP contribution < -0.4 is 0 Å². The summed E-state index contributed by atoms with van der Waals surface area (Å²) in [5, 5.41) is 4.02. The molecule has 1 aliphatic heterocycles. The third kappa shape index (κ3) is 3.52. The zero-order chi connectivity index (χ0) is 17.1. The van der Waals surface area contributed by atoms with Crippen LogP contribution in [0.2, 0.25) is 0 Å². The van der Waals surface area contributed by atoms with Crippen LogP contribution in [0, 0.1) is 6.92 Å². The van der Waals surface area contributed by atoms with Crippen molar-refractivity contribution in [2.24, 2.45) is 0 Å². The lowest BCUT2D eigenvalue weighted by Gasteiger charge is -2.35. The van der Waals surface area contributed by atoms with Crippen LogP contribution in [0.1, 0.15) is 67.5 Å². The molecule has 0 aliphatic carbocycles. The summed E-state index contributed by atoms with van der Waals surface area (Å²) in [6, 6.07) is 2.04. The number of hydrogen-bond acceptors (Lipinski definition) is 4. The summed E-state index contributed by atoms with van der Waals surface area (Å²) in [5.41, 5.74) is 0.834. The normalized spacial score (nSPS) is 18.3. The van der Waals surface area contributed by atoms with Crippen LogP contribution in [0.4, 0.5) is 0 Å². The largest absolute Gasteiger partial charge is 0.351 e. The van der Waals surface area contributed by atoms with Crippen LogP contribution >= 0.6 is 0 Å². The maximum absolute atomic E-state index is 12.8. The lowest BCUT2D eigenvalue weighted by molar-refractivity contribution is 0.0553. The molecule has 1 amide bonds. The Morgan fingerprint density at radius 2 is 2.25 bits per heavy atom. The van der Waals surface area contributed by atoms with Crippen molar-refractivity contribution in [2.75, 3.05) is 6.54 Å². The molecule has 1 aliphatic rings. The molecule has 1 fully saturated rings. The minimum absolute atomic E-state index is 0.0264. The van der Waals surface area contributed by atoms with E-state index in [-0.39, 0.29) is 17.9 Å². The molecule has 0 spiro atoms. The van der Waals surface area contributed by atoms with Gasteiger partial charge in [0, 0.05) is 37.6 Å². The first kappa shape index (κ1) is 16.7. The summed E-state index contributed by atoms with van der Waals surface area (Å²) in [6.07, 6.45) is 8.03. The smallest absolute Gasteiger partial charge is 0.292 e. The summed E-state index contributed by atoms with van der Waals surface area (Å²) in [4.78, 5) is 19.1. The highest BCUT2D eigenvalue weighted by atomic mass is 16.5. The van der Waals surface area contributed by atoms with Crippen LogP contribution in [0.25, 0.3) is 0 Å². The summed E-state index contributed by atoms with van der Waals surface area (Å²) in [7, 11) is 0. The highest BCUT2D eigenvalue weighted by molar-refractivity contribution is 5.91. The fourth-order valence-electron chi connectivity index (χ4n) is 3.30. The number of likely N-dealkylation sites (tertiary alicyclic amines) is 1. The Morgan fingerprint density at radius 3 is 2.92 bits per heavy atom. The Bertz CT molecular complexity index is 689. The summed E-state index contributed by atoms with van der Waals surface area (Å²) in [6.45, 7) is 7.77. The first-order chi connectivity index (χ1) is 11.6. The molecule has 0 aromatic carbocycles. The fourth-order valence-corrected chi connectivity index (χ4v) is 3.30. The predicted octanol–water partition coefficient (Wildman–Crippen LogP) is 3.39. The highest BCUT2D eigenvalue weighted by Gasteiger charge is 2.29.